The Morgan fingerprint density at radius 3 is 2.26 bits per heavy atom. The molecule has 0 bridgehead atoms. The summed E-state index contributed by atoms with van der Waals surface area (Å²) in [5.74, 6) is -2.11. The number of carbonyl (C=O) groups is 3. The number of rotatable bonds is 3. The molecule has 1 aromatic rings. The van der Waals surface area contributed by atoms with E-state index in [0.29, 0.717) is 0 Å². The molecule has 0 spiro atoms. The van der Waals surface area contributed by atoms with E-state index in [9.17, 15) is 14.4 Å². The lowest BCUT2D eigenvalue weighted by molar-refractivity contribution is -0.138. The van der Waals surface area contributed by atoms with Crippen LogP contribution in [0.25, 0.3) is 0 Å². The lowest BCUT2D eigenvalue weighted by Crippen LogP contribution is -2.38. The highest BCUT2D eigenvalue weighted by Crippen LogP contribution is 2.27. The molecule has 0 saturated heterocycles. The van der Waals surface area contributed by atoms with Gasteiger partial charge in [-0.15, -0.1) is 0 Å². The Balaban J connectivity index is 2.46. The Kier molecular flexibility index (Phi) is 3.40. The first kappa shape index (κ1) is 13.3. The van der Waals surface area contributed by atoms with Crippen LogP contribution in [0.3, 0.4) is 0 Å². The van der Waals surface area contributed by atoms with Crippen molar-refractivity contribution in [2.45, 2.75) is 13.0 Å². The maximum atomic E-state index is 12.2. The quantitative estimate of drug-likeness (QED) is 0.878. The van der Waals surface area contributed by atoms with E-state index < -0.39 is 23.6 Å². The van der Waals surface area contributed by atoms with Crippen LogP contribution in [-0.2, 0) is 4.79 Å². The number of benzene rings is 1. The summed E-state index contributed by atoms with van der Waals surface area (Å²) in [6.07, 6.45) is 0. The third-order valence-electron chi connectivity index (χ3n) is 2.79. The second kappa shape index (κ2) is 4.85. The molecule has 0 radical (unpaired) electrons. The molecule has 0 heterocycles. The molecule has 19 heavy (non-hydrogen) atoms. The molecule has 0 amide bonds. The lowest BCUT2D eigenvalue weighted by atomic mass is 9.92. The predicted octanol–water partition coefficient (Wildman–Crippen LogP) is 1.58. The van der Waals surface area contributed by atoms with Gasteiger partial charge >= 0.3 is 5.97 Å². The van der Waals surface area contributed by atoms with Gasteiger partial charge in [0.05, 0.1) is 0 Å². The molecule has 1 unspecified atom stereocenters. The highest BCUT2D eigenvalue weighted by atomic mass is 35.5. The summed E-state index contributed by atoms with van der Waals surface area (Å²) >= 11 is 5.86. The average Bonchev–Trinajstić information content (AvgIpc) is 2.40. The second-order valence-electron chi connectivity index (χ2n) is 4.10. The Labute approximate surface area is 113 Å². The van der Waals surface area contributed by atoms with Gasteiger partial charge in [0.1, 0.15) is 16.8 Å². The van der Waals surface area contributed by atoms with Crippen molar-refractivity contribution in [1.29, 1.82) is 0 Å². The zero-order valence-electron chi connectivity index (χ0n) is 9.94. The molecule has 1 aliphatic rings. The minimum atomic E-state index is -1.14. The van der Waals surface area contributed by atoms with E-state index in [1.165, 1.54) is 19.1 Å². The first-order chi connectivity index (χ1) is 8.93. The van der Waals surface area contributed by atoms with Crippen LogP contribution in [0.2, 0.25) is 0 Å². The number of ketones is 2. The van der Waals surface area contributed by atoms with Crippen LogP contribution >= 0.6 is 11.6 Å². The Morgan fingerprint density at radius 1 is 1.21 bits per heavy atom. The van der Waals surface area contributed by atoms with Crippen LogP contribution in [0, 0.1) is 0 Å². The van der Waals surface area contributed by atoms with E-state index in [1.54, 1.807) is 12.1 Å². The zero-order chi connectivity index (χ0) is 14.2. The van der Waals surface area contributed by atoms with Crippen LogP contribution in [0.5, 0.6) is 0 Å². The third kappa shape index (κ3) is 2.24. The van der Waals surface area contributed by atoms with E-state index in [1.807, 2.05) is 0 Å². The molecule has 98 valence electrons. The molecule has 1 atom stereocenters. The van der Waals surface area contributed by atoms with Crippen molar-refractivity contribution in [3.63, 3.8) is 0 Å². The Hall–Kier alpha value is -2.14. The number of carbonyl (C=O) groups excluding carboxylic acids is 2. The molecule has 0 aliphatic heterocycles. The van der Waals surface area contributed by atoms with Gasteiger partial charge in [-0.05, 0) is 6.92 Å². The Bertz CT molecular complexity index is 621. The number of hydrogen-bond donors (Lipinski definition) is 2. The van der Waals surface area contributed by atoms with Crippen molar-refractivity contribution in [3.8, 4) is 0 Å². The molecule has 0 saturated carbocycles. The molecule has 2 N–H and O–H groups in total. The third-order valence-corrected chi connectivity index (χ3v) is 3.15. The number of carboxylic acids is 1. The highest BCUT2D eigenvalue weighted by molar-refractivity contribution is 6.49. The van der Waals surface area contributed by atoms with Crippen molar-refractivity contribution < 1.29 is 19.5 Å². The fourth-order valence-electron chi connectivity index (χ4n) is 1.75. The molecule has 0 aromatic heterocycles. The zero-order valence-corrected chi connectivity index (χ0v) is 10.7. The number of carboxylic acid groups (broad SMARTS) is 1. The number of nitrogens with one attached hydrogen (secondary N) is 1. The fraction of sp³-hybridized carbons (Fsp3) is 0.154. The van der Waals surface area contributed by atoms with Gasteiger partial charge in [0.2, 0.25) is 11.6 Å². The van der Waals surface area contributed by atoms with Gasteiger partial charge in [-0.3, -0.25) is 14.4 Å². The summed E-state index contributed by atoms with van der Waals surface area (Å²) in [6.45, 7) is 1.36. The summed E-state index contributed by atoms with van der Waals surface area (Å²) in [5.41, 5.74) is 0.281. The van der Waals surface area contributed by atoms with Gasteiger partial charge in [-0.25, -0.2) is 0 Å². The van der Waals surface area contributed by atoms with Crippen LogP contribution < -0.4 is 5.32 Å². The minimum Gasteiger partial charge on any atom is -0.480 e. The predicted molar refractivity (Wildman–Crippen MR) is 68.2 cm³/mol. The first-order valence-corrected chi connectivity index (χ1v) is 5.88. The van der Waals surface area contributed by atoms with Crippen LogP contribution in [0.4, 0.5) is 0 Å². The molecular weight excluding hydrogens is 270 g/mol. The van der Waals surface area contributed by atoms with Gasteiger partial charge in [0.25, 0.3) is 0 Å². The molecule has 1 aliphatic carbocycles. The lowest BCUT2D eigenvalue weighted by Gasteiger charge is -2.20. The van der Waals surface area contributed by atoms with Crippen molar-refractivity contribution in [2.75, 3.05) is 0 Å². The Morgan fingerprint density at radius 2 is 1.74 bits per heavy atom. The standard InChI is InChI=1S/C13H10ClNO4/c1-6(13(18)19)15-10-9(14)11(16)7-4-2-3-5-8(7)12(10)17/h2-6,15H,1H3,(H,18,19). The summed E-state index contributed by atoms with van der Waals surface area (Å²) in [4.78, 5) is 35.0. The summed E-state index contributed by atoms with van der Waals surface area (Å²) < 4.78 is 0. The van der Waals surface area contributed by atoms with Gasteiger partial charge in [-0.1, -0.05) is 35.9 Å². The van der Waals surface area contributed by atoms with Crippen LogP contribution in [0.1, 0.15) is 27.6 Å². The van der Waals surface area contributed by atoms with Gasteiger partial charge in [-0.2, -0.15) is 0 Å². The van der Waals surface area contributed by atoms with Crippen LogP contribution in [0.15, 0.2) is 35.0 Å². The summed E-state index contributed by atoms with van der Waals surface area (Å²) in [5, 5.41) is 11.0. The number of hydrogen-bond acceptors (Lipinski definition) is 4. The van der Waals surface area contributed by atoms with Crippen LogP contribution in [-0.4, -0.2) is 28.7 Å². The van der Waals surface area contributed by atoms with E-state index in [-0.39, 0.29) is 21.9 Å². The topological polar surface area (TPSA) is 83.5 Å². The van der Waals surface area contributed by atoms with Gasteiger partial charge in [0, 0.05) is 11.1 Å². The van der Waals surface area contributed by atoms with E-state index in [2.05, 4.69) is 5.32 Å². The van der Waals surface area contributed by atoms with E-state index >= 15 is 0 Å². The normalized spacial score (nSPS) is 16.1. The minimum absolute atomic E-state index is 0.166. The van der Waals surface area contributed by atoms with Gasteiger partial charge < -0.3 is 10.4 Å². The molecule has 1 aromatic carbocycles. The first-order valence-electron chi connectivity index (χ1n) is 5.51. The van der Waals surface area contributed by atoms with E-state index in [0.717, 1.165) is 0 Å². The number of allylic oxidation sites excluding steroid dienone is 2. The molecular formula is C13H10ClNO4. The monoisotopic (exact) mass is 279 g/mol. The van der Waals surface area contributed by atoms with Crippen molar-refractivity contribution in [3.05, 3.63) is 46.1 Å². The summed E-state index contributed by atoms with van der Waals surface area (Å²) in [7, 11) is 0. The number of Topliss-reactive ketones (excluding diaryl/α,β-unsaturated/α-hetero) is 2. The number of fused-ring (bicyclic) bond motifs is 1. The van der Waals surface area contributed by atoms with Gasteiger partial charge in [0.15, 0.2) is 0 Å². The van der Waals surface area contributed by atoms with E-state index in [4.69, 9.17) is 16.7 Å². The molecule has 5 nitrogen and oxygen atoms in total. The average molecular weight is 280 g/mol. The largest absolute Gasteiger partial charge is 0.480 e. The summed E-state index contributed by atoms with van der Waals surface area (Å²) in [6, 6.07) is 5.25. The fourth-order valence-corrected chi connectivity index (χ4v) is 1.99. The molecule has 2 rings (SSSR count). The smallest absolute Gasteiger partial charge is 0.325 e. The SMILES string of the molecule is CC(NC1=C(Cl)C(=O)c2ccccc2C1=O)C(=O)O. The molecule has 0 fully saturated rings. The maximum Gasteiger partial charge on any atom is 0.325 e. The maximum absolute atomic E-state index is 12.2. The molecule has 6 heteroatoms. The number of aliphatic carboxylic acids is 1. The van der Waals surface area contributed by atoms with Crippen molar-refractivity contribution >= 4 is 29.1 Å². The van der Waals surface area contributed by atoms with Crippen molar-refractivity contribution in [2.24, 2.45) is 0 Å². The second-order valence-corrected chi connectivity index (χ2v) is 4.48. The number of halogens is 1. The highest BCUT2D eigenvalue weighted by Gasteiger charge is 2.32. The van der Waals surface area contributed by atoms with Crippen molar-refractivity contribution in [1.82, 2.24) is 5.32 Å².